The first kappa shape index (κ1) is 15.8. The number of amides is 2. The molecule has 114 valence electrons. The standard InChI is InChI=1S/C16H23N3OS/c1-10(2)12-7-6-11(3)13(8-12)17-14(20)19-9-16(4,5)18-15(19)21/h6-8,10H,9H2,1-5H3,(H,17,20)(H,18,21). The molecular weight excluding hydrogens is 282 g/mol. The van der Waals surface area contributed by atoms with Crippen LogP contribution in [0.2, 0.25) is 0 Å². The summed E-state index contributed by atoms with van der Waals surface area (Å²) in [5.74, 6) is 0.426. The molecule has 0 radical (unpaired) electrons. The zero-order valence-corrected chi connectivity index (χ0v) is 14.1. The van der Waals surface area contributed by atoms with Gasteiger partial charge in [0.05, 0.1) is 12.1 Å². The van der Waals surface area contributed by atoms with Crippen molar-refractivity contribution in [3.8, 4) is 0 Å². The zero-order chi connectivity index (χ0) is 15.8. The Balaban J connectivity index is 2.17. The van der Waals surface area contributed by atoms with E-state index in [0.717, 1.165) is 11.3 Å². The average molecular weight is 305 g/mol. The number of anilines is 1. The maximum absolute atomic E-state index is 12.4. The number of nitrogens with zero attached hydrogens (tertiary/aromatic N) is 1. The van der Waals surface area contributed by atoms with E-state index in [2.05, 4.69) is 30.5 Å². The van der Waals surface area contributed by atoms with Crippen molar-refractivity contribution < 1.29 is 4.79 Å². The highest BCUT2D eigenvalue weighted by atomic mass is 32.1. The molecule has 2 rings (SSSR count). The number of rotatable bonds is 2. The van der Waals surface area contributed by atoms with Crippen LogP contribution in [-0.4, -0.2) is 28.1 Å². The maximum Gasteiger partial charge on any atom is 0.328 e. The predicted molar refractivity (Wildman–Crippen MR) is 90.8 cm³/mol. The summed E-state index contributed by atoms with van der Waals surface area (Å²) < 4.78 is 0. The molecule has 0 aliphatic carbocycles. The molecule has 1 heterocycles. The second-order valence-electron chi connectivity index (χ2n) is 6.56. The van der Waals surface area contributed by atoms with Crippen LogP contribution < -0.4 is 10.6 Å². The third kappa shape index (κ3) is 3.53. The number of benzene rings is 1. The first-order chi connectivity index (χ1) is 9.69. The summed E-state index contributed by atoms with van der Waals surface area (Å²) in [5.41, 5.74) is 2.92. The largest absolute Gasteiger partial charge is 0.355 e. The molecule has 1 aromatic carbocycles. The van der Waals surface area contributed by atoms with Gasteiger partial charge in [0.25, 0.3) is 0 Å². The van der Waals surface area contributed by atoms with Crippen LogP contribution in [0, 0.1) is 6.92 Å². The minimum Gasteiger partial charge on any atom is -0.355 e. The summed E-state index contributed by atoms with van der Waals surface area (Å²) in [6, 6.07) is 5.99. The summed E-state index contributed by atoms with van der Waals surface area (Å²) in [7, 11) is 0. The third-order valence-corrected chi connectivity index (χ3v) is 3.98. The van der Waals surface area contributed by atoms with E-state index in [4.69, 9.17) is 12.2 Å². The molecule has 1 aromatic rings. The Morgan fingerprint density at radius 2 is 2.10 bits per heavy atom. The molecule has 5 heteroatoms. The number of hydrogen-bond donors (Lipinski definition) is 2. The van der Waals surface area contributed by atoms with E-state index in [1.165, 1.54) is 5.56 Å². The van der Waals surface area contributed by atoms with Crippen LogP contribution in [0.4, 0.5) is 10.5 Å². The highest BCUT2D eigenvalue weighted by molar-refractivity contribution is 7.80. The number of carbonyl (C=O) groups is 1. The van der Waals surface area contributed by atoms with Gasteiger partial charge >= 0.3 is 6.03 Å². The highest BCUT2D eigenvalue weighted by Gasteiger charge is 2.35. The van der Waals surface area contributed by atoms with Gasteiger partial charge in [-0.25, -0.2) is 4.79 Å². The molecule has 2 amide bonds. The minimum absolute atomic E-state index is 0.177. The Morgan fingerprint density at radius 3 is 2.62 bits per heavy atom. The lowest BCUT2D eigenvalue weighted by Crippen LogP contribution is -2.37. The quantitative estimate of drug-likeness (QED) is 0.820. The summed E-state index contributed by atoms with van der Waals surface area (Å²) in [6.45, 7) is 10.9. The molecule has 0 saturated carbocycles. The van der Waals surface area contributed by atoms with Crippen molar-refractivity contribution in [2.24, 2.45) is 0 Å². The average Bonchev–Trinajstić information content (AvgIpc) is 2.65. The van der Waals surface area contributed by atoms with Crippen LogP contribution in [0.5, 0.6) is 0 Å². The Kier molecular flexibility index (Phi) is 4.23. The highest BCUT2D eigenvalue weighted by Crippen LogP contribution is 2.23. The second kappa shape index (κ2) is 5.64. The topological polar surface area (TPSA) is 44.4 Å². The lowest BCUT2D eigenvalue weighted by molar-refractivity contribution is 0.233. The zero-order valence-electron chi connectivity index (χ0n) is 13.3. The minimum atomic E-state index is -0.179. The number of aryl methyl sites for hydroxylation is 1. The van der Waals surface area contributed by atoms with Crippen molar-refractivity contribution in [3.63, 3.8) is 0 Å². The molecule has 1 aliphatic heterocycles. The molecule has 0 unspecified atom stereocenters. The van der Waals surface area contributed by atoms with Crippen molar-refractivity contribution in [1.29, 1.82) is 0 Å². The smallest absolute Gasteiger partial charge is 0.328 e. The lowest BCUT2D eigenvalue weighted by atomic mass is 10.0. The predicted octanol–water partition coefficient (Wildman–Crippen LogP) is 3.62. The second-order valence-corrected chi connectivity index (χ2v) is 6.95. The van der Waals surface area contributed by atoms with Crippen LogP contribution >= 0.6 is 12.2 Å². The van der Waals surface area contributed by atoms with Gasteiger partial charge in [-0.2, -0.15) is 0 Å². The van der Waals surface area contributed by atoms with Gasteiger partial charge in [-0.05, 0) is 56.1 Å². The summed E-state index contributed by atoms with van der Waals surface area (Å²) >= 11 is 5.24. The molecule has 4 nitrogen and oxygen atoms in total. The Hall–Kier alpha value is -1.62. The van der Waals surface area contributed by atoms with Gasteiger partial charge in [0, 0.05) is 5.69 Å². The van der Waals surface area contributed by atoms with Crippen molar-refractivity contribution >= 4 is 29.0 Å². The van der Waals surface area contributed by atoms with Gasteiger partial charge < -0.3 is 10.6 Å². The molecule has 1 saturated heterocycles. The van der Waals surface area contributed by atoms with Crippen molar-refractivity contribution in [1.82, 2.24) is 10.2 Å². The molecule has 1 fully saturated rings. The lowest BCUT2D eigenvalue weighted by Gasteiger charge is -2.19. The van der Waals surface area contributed by atoms with Crippen molar-refractivity contribution in [2.75, 3.05) is 11.9 Å². The van der Waals surface area contributed by atoms with E-state index in [1.807, 2.05) is 32.9 Å². The molecule has 1 aliphatic rings. The molecule has 0 spiro atoms. The molecule has 21 heavy (non-hydrogen) atoms. The molecule has 0 bridgehead atoms. The van der Waals surface area contributed by atoms with Gasteiger partial charge in [0.15, 0.2) is 5.11 Å². The van der Waals surface area contributed by atoms with E-state index in [9.17, 15) is 4.79 Å². The summed E-state index contributed by atoms with van der Waals surface area (Å²) in [5, 5.41) is 6.61. The summed E-state index contributed by atoms with van der Waals surface area (Å²) in [4.78, 5) is 14.0. The normalized spacial score (nSPS) is 17.0. The van der Waals surface area contributed by atoms with Gasteiger partial charge in [-0.1, -0.05) is 26.0 Å². The molecule has 0 atom stereocenters. The van der Waals surface area contributed by atoms with Gasteiger partial charge in [-0.3, -0.25) is 4.90 Å². The maximum atomic E-state index is 12.4. The molecular formula is C16H23N3OS. The Labute approximate surface area is 131 Å². The van der Waals surface area contributed by atoms with Crippen LogP contribution in [0.15, 0.2) is 18.2 Å². The first-order valence-corrected chi connectivity index (χ1v) is 7.61. The van der Waals surface area contributed by atoms with Gasteiger partial charge in [-0.15, -0.1) is 0 Å². The fourth-order valence-electron chi connectivity index (χ4n) is 2.34. The van der Waals surface area contributed by atoms with Crippen molar-refractivity contribution in [2.45, 2.75) is 46.1 Å². The van der Waals surface area contributed by atoms with E-state index < -0.39 is 0 Å². The fraction of sp³-hybridized carbons (Fsp3) is 0.500. The summed E-state index contributed by atoms with van der Waals surface area (Å²) in [6.07, 6.45) is 0. The molecule has 0 aromatic heterocycles. The van der Waals surface area contributed by atoms with E-state index in [1.54, 1.807) is 4.90 Å². The van der Waals surface area contributed by atoms with E-state index >= 15 is 0 Å². The third-order valence-electron chi connectivity index (χ3n) is 3.66. The first-order valence-electron chi connectivity index (χ1n) is 7.21. The van der Waals surface area contributed by atoms with Crippen molar-refractivity contribution in [3.05, 3.63) is 29.3 Å². The number of hydrogen-bond acceptors (Lipinski definition) is 2. The molecule has 2 N–H and O–H groups in total. The number of thiocarbonyl (C=S) groups is 1. The SMILES string of the molecule is Cc1ccc(C(C)C)cc1NC(=O)N1CC(C)(C)NC1=S. The number of carbonyl (C=O) groups excluding carboxylic acids is 1. The van der Waals surface area contributed by atoms with E-state index in [0.29, 0.717) is 17.6 Å². The number of nitrogens with one attached hydrogen (secondary N) is 2. The van der Waals surface area contributed by atoms with Crippen LogP contribution in [-0.2, 0) is 0 Å². The Morgan fingerprint density at radius 1 is 1.43 bits per heavy atom. The van der Waals surface area contributed by atoms with Gasteiger partial charge in [0.2, 0.25) is 0 Å². The van der Waals surface area contributed by atoms with Crippen LogP contribution in [0.3, 0.4) is 0 Å². The van der Waals surface area contributed by atoms with Gasteiger partial charge in [0.1, 0.15) is 0 Å². The monoisotopic (exact) mass is 305 g/mol. The van der Waals surface area contributed by atoms with Crippen LogP contribution in [0.25, 0.3) is 0 Å². The Bertz CT molecular complexity index is 581. The van der Waals surface area contributed by atoms with E-state index in [-0.39, 0.29) is 11.6 Å². The number of urea groups is 1. The van der Waals surface area contributed by atoms with Crippen LogP contribution in [0.1, 0.15) is 44.7 Å². The fourth-order valence-corrected chi connectivity index (χ4v) is 2.77.